The molecule has 0 radical (unpaired) electrons. The van der Waals surface area contributed by atoms with Crippen LogP contribution in [0.2, 0.25) is 0 Å². The molecule has 8 heteroatoms. The zero-order valence-electron chi connectivity index (χ0n) is 17.2. The lowest BCUT2D eigenvalue weighted by Crippen LogP contribution is -2.41. The van der Waals surface area contributed by atoms with Crippen LogP contribution in [0, 0.1) is 5.82 Å². The third-order valence-electron chi connectivity index (χ3n) is 5.23. The summed E-state index contributed by atoms with van der Waals surface area (Å²) in [5.41, 5.74) is 1.26. The second-order valence-electron chi connectivity index (χ2n) is 7.45. The number of hydrogen-bond donors (Lipinski definition) is 1. The lowest BCUT2D eigenvalue weighted by Gasteiger charge is -2.33. The predicted octanol–water partition coefficient (Wildman–Crippen LogP) is 4.73. The van der Waals surface area contributed by atoms with Gasteiger partial charge in [-0.2, -0.15) is 4.98 Å². The van der Waals surface area contributed by atoms with Crippen LogP contribution in [-0.4, -0.2) is 34.2 Å². The van der Waals surface area contributed by atoms with Crippen molar-refractivity contribution in [2.45, 2.75) is 38.3 Å². The zero-order valence-corrected chi connectivity index (χ0v) is 17.2. The number of nitrogens with one attached hydrogen (secondary N) is 1. The molecule has 1 N–H and O–H groups in total. The Kier molecular flexibility index (Phi) is 6.89. The Labute approximate surface area is 180 Å². The number of urea groups is 1. The fourth-order valence-corrected chi connectivity index (χ4v) is 3.61. The Bertz CT molecular complexity index is 995. The average molecular weight is 424 g/mol. The number of anilines is 1. The van der Waals surface area contributed by atoms with Gasteiger partial charge >= 0.3 is 6.03 Å². The molecular weight excluding hydrogens is 399 g/mol. The summed E-state index contributed by atoms with van der Waals surface area (Å²) in [5.74, 6) is 0.476. The molecule has 1 fully saturated rings. The smallest absolute Gasteiger partial charge is 0.322 e. The van der Waals surface area contributed by atoms with E-state index in [4.69, 9.17) is 9.26 Å². The highest BCUT2D eigenvalue weighted by Crippen LogP contribution is 2.30. The minimum Gasteiger partial charge on any atom is -0.376 e. The van der Waals surface area contributed by atoms with Crippen LogP contribution in [0.15, 0.2) is 59.1 Å². The molecule has 1 atom stereocenters. The van der Waals surface area contributed by atoms with Crippen LogP contribution in [0.25, 0.3) is 0 Å². The maximum absolute atomic E-state index is 13.9. The molecular formula is C23H25FN4O3. The van der Waals surface area contributed by atoms with Gasteiger partial charge in [0.05, 0.1) is 18.9 Å². The summed E-state index contributed by atoms with van der Waals surface area (Å²) >= 11 is 0. The SMILES string of the molecule is O=C(Nc1ccccc1F)N1CCCCC1c1nc(CCOCc2ccccc2)no1. The fourth-order valence-electron chi connectivity index (χ4n) is 3.61. The third-order valence-corrected chi connectivity index (χ3v) is 5.23. The minimum atomic E-state index is -0.472. The Morgan fingerprint density at radius 1 is 1.16 bits per heavy atom. The van der Waals surface area contributed by atoms with Crippen LogP contribution in [0.5, 0.6) is 0 Å². The van der Waals surface area contributed by atoms with Crippen molar-refractivity contribution in [2.75, 3.05) is 18.5 Å². The van der Waals surface area contributed by atoms with Crippen molar-refractivity contribution >= 4 is 11.7 Å². The molecule has 1 aliphatic heterocycles. The topological polar surface area (TPSA) is 80.5 Å². The van der Waals surface area contributed by atoms with Crippen LogP contribution < -0.4 is 5.32 Å². The molecule has 4 rings (SSSR count). The molecule has 1 unspecified atom stereocenters. The van der Waals surface area contributed by atoms with Crippen LogP contribution in [-0.2, 0) is 17.8 Å². The number of halogens is 1. The van der Waals surface area contributed by atoms with E-state index in [0.29, 0.717) is 37.9 Å². The molecule has 0 bridgehead atoms. The number of ether oxygens (including phenoxy) is 1. The van der Waals surface area contributed by atoms with Crippen molar-refractivity contribution in [3.8, 4) is 0 Å². The summed E-state index contributed by atoms with van der Waals surface area (Å²) in [6.07, 6.45) is 3.06. The summed E-state index contributed by atoms with van der Waals surface area (Å²) in [7, 11) is 0. The first-order valence-electron chi connectivity index (χ1n) is 10.5. The van der Waals surface area contributed by atoms with Crippen LogP contribution in [0.3, 0.4) is 0 Å². The van der Waals surface area contributed by atoms with Gasteiger partial charge in [0.25, 0.3) is 0 Å². The van der Waals surface area contributed by atoms with Gasteiger partial charge in [0, 0.05) is 13.0 Å². The van der Waals surface area contributed by atoms with E-state index in [9.17, 15) is 9.18 Å². The molecule has 3 aromatic rings. The van der Waals surface area contributed by atoms with E-state index in [-0.39, 0.29) is 17.8 Å². The minimum absolute atomic E-state index is 0.151. The molecule has 0 aliphatic carbocycles. The van der Waals surface area contributed by atoms with Crippen LogP contribution >= 0.6 is 0 Å². The molecule has 2 amide bonds. The standard InChI is InChI=1S/C23H25FN4O3/c24-18-10-4-5-11-19(18)25-23(29)28-14-7-6-12-20(28)22-26-21(27-31-22)13-15-30-16-17-8-2-1-3-9-17/h1-5,8-11,20H,6-7,12-16H2,(H,25,29). The molecule has 7 nitrogen and oxygen atoms in total. The van der Waals surface area contributed by atoms with Gasteiger partial charge in [-0.05, 0) is 37.0 Å². The van der Waals surface area contributed by atoms with Crippen molar-refractivity contribution in [3.05, 3.63) is 77.7 Å². The Morgan fingerprint density at radius 3 is 2.81 bits per heavy atom. The van der Waals surface area contributed by atoms with E-state index in [1.165, 1.54) is 12.1 Å². The number of likely N-dealkylation sites (tertiary alicyclic amines) is 1. The highest BCUT2D eigenvalue weighted by molar-refractivity contribution is 5.89. The summed E-state index contributed by atoms with van der Waals surface area (Å²) < 4.78 is 25.1. The van der Waals surface area contributed by atoms with Gasteiger partial charge in [0.2, 0.25) is 5.89 Å². The second-order valence-corrected chi connectivity index (χ2v) is 7.45. The third kappa shape index (κ3) is 5.46. The number of benzene rings is 2. The molecule has 2 heterocycles. The molecule has 1 saturated heterocycles. The highest BCUT2D eigenvalue weighted by Gasteiger charge is 2.32. The largest absolute Gasteiger partial charge is 0.376 e. The zero-order chi connectivity index (χ0) is 21.5. The summed E-state index contributed by atoms with van der Waals surface area (Å²) in [4.78, 5) is 18.9. The maximum atomic E-state index is 13.9. The number of hydrogen-bond acceptors (Lipinski definition) is 5. The Hall–Kier alpha value is -3.26. The summed E-state index contributed by atoms with van der Waals surface area (Å²) in [6, 6.07) is 15.3. The first-order valence-corrected chi connectivity index (χ1v) is 10.5. The van der Waals surface area contributed by atoms with Crippen molar-refractivity contribution in [3.63, 3.8) is 0 Å². The van der Waals surface area contributed by atoms with E-state index in [2.05, 4.69) is 15.5 Å². The van der Waals surface area contributed by atoms with Gasteiger partial charge in [-0.1, -0.05) is 47.6 Å². The number of carbonyl (C=O) groups is 1. The number of amides is 2. The number of nitrogens with zero attached hydrogens (tertiary/aromatic N) is 3. The monoisotopic (exact) mass is 424 g/mol. The van der Waals surface area contributed by atoms with Crippen molar-refractivity contribution in [1.29, 1.82) is 0 Å². The van der Waals surface area contributed by atoms with Crippen molar-refractivity contribution < 1.29 is 18.4 Å². The second kappa shape index (κ2) is 10.2. The summed E-state index contributed by atoms with van der Waals surface area (Å²) in [6.45, 7) is 1.54. The molecule has 0 spiro atoms. The average Bonchev–Trinajstić information content (AvgIpc) is 3.28. The van der Waals surface area contributed by atoms with E-state index in [1.54, 1.807) is 17.0 Å². The number of para-hydroxylation sites is 1. The Balaban J connectivity index is 1.34. The van der Waals surface area contributed by atoms with E-state index < -0.39 is 5.82 Å². The normalized spacial score (nSPS) is 16.3. The van der Waals surface area contributed by atoms with E-state index in [0.717, 1.165) is 24.8 Å². The lowest BCUT2D eigenvalue weighted by atomic mass is 10.0. The van der Waals surface area contributed by atoms with E-state index in [1.807, 2.05) is 30.3 Å². The summed E-state index contributed by atoms with van der Waals surface area (Å²) in [5, 5.41) is 6.69. The lowest BCUT2D eigenvalue weighted by molar-refractivity contribution is 0.122. The fraction of sp³-hybridized carbons (Fsp3) is 0.348. The van der Waals surface area contributed by atoms with Crippen molar-refractivity contribution in [2.24, 2.45) is 0 Å². The van der Waals surface area contributed by atoms with Crippen LogP contribution in [0.1, 0.15) is 42.6 Å². The molecule has 1 aromatic heterocycles. The van der Waals surface area contributed by atoms with Gasteiger partial charge in [0.1, 0.15) is 11.9 Å². The van der Waals surface area contributed by atoms with Crippen LogP contribution in [0.4, 0.5) is 14.9 Å². The maximum Gasteiger partial charge on any atom is 0.322 e. The van der Waals surface area contributed by atoms with Gasteiger partial charge < -0.3 is 19.5 Å². The van der Waals surface area contributed by atoms with Crippen molar-refractivity contribution in [1.82, 2.24) is 15.0 Å². The molecule has 2 aromatic carbocycles. The van der Waals surface area contributed by atoms with Gasteiger partial charge in [-0.25, -0.2) is 9.18 Å². The van der Waals surface area contributed by atoms with E-state index >= 15 is 0 Å². The molecule has 31 heavy (non-hydrogen) atoms. The Morgan fingerprint density at radius 2 is 1.97 bits per heavy atom. The first-order chi connectivity index (χ1) is 15.2. The number of aromatic nitrogens is 2. The van der Waals surface area contributed by atoms with Gasteiger partial charge in [-0.15, -0.1) is 0 Å². The first kappa shape index (κ1) is 21.0. The van der Waals surface area contributed by atoms with Gasteiger partial charge in [0.15, 0.2) is 5.82 Å². The van der Waals surface area contributed by atoms with Gasteiger partial charge in [-0.3, -0.25) is 0 Å². The number of carbonyl (C=O) groups excluding carboxylic acids is 1. The predicted molar refractivity (Wildman–Crippen MR) is 113 cm³/mol. The molecule has 1 aliphatic rings. The quantitative estimate of drug-likeness (QED) is 0.555. The number of rotatable bonds is 7. The highest BCUT2D eigenvalue weighted by atomic mass is 19.1. The molecule has 0 saturated carbocycles. The number of piperidine rings is 1. The molecule has 162 valence electrons.